The molecule has 2 nitrogen and oxygen atoms in total. The molecule has 0 amide bonds. The van der Waals surface area contributed by atoms with Crippen LogP contribution >= 0.6 is 0 Å². The zero-order valence-electron chi connectivity index (χ0n) is 19.7. The number of carbonyl (C=O) groups is 1. The van der Waals surface area contributed by atoms with Gasteiger partial charge in [-0.2, -0.15) is 0 Å². The summed E-state index contributed by atoms with van der Waals surface area (Å²) >= 11 is 0. The second kappa shape index (κ2) is 7.40. The average molecular weight is 379 g/mol. The first-order valence-electron chi connectivity index (χ1n) is 9.71. The zero-order valence-corrected chi connectivity index (χ0v) is 19.1. The van der Waals surface area contributed by atoms with Gasteiger partial charge in [0.05, 0.1) is 0 Å². The van der Waals surface area contributed by atoms with Crippen LogP contribution in [0.5, 0.6) is 0 Å². The Kier molecular flexibility index (Phi) is 6.09. The summed E-state index contributed by atoms with van der Waals surface area (Å²) in [6.45, 7) is 13.6. The maximum absolute atomic E-state index is 10.8. The second-order valence-corrected chi connectivity index (χ2v) is 9.84. The smallest absolute Gasteiger partial charge is 1.00 e. The van der Waals surface area contributed by atoms with Crippen LogP contribution in [0.1, 0.15) is 80.3 Å². The molecule has 1 saturated carbocycles. The van der Waals surface area contributed by atoms with Crippen LogP contribution in [0.2, 0.25) is 0 Å². The summed E-state index contributed by atoms with van der Waals surface area (Å²) in [6.07, 6.45) is 9.00. The van der Waals surface area contributed by atoms with Gasteiger partial charge in [-0.25, -0.2) is 4.79 Å². The van der Waals surface area contributed by atoms with E-state index in [1.165, 1.54) is 35.6 Å². The minimum atomic E-state index is -0.884. The van der Waals surface area contributed by atoms with Gasteiger partial charge in [-0.05, 0) is 70.6 Å². The van der Waals surface area contributed by atoms with Crippen LogP contribution in [-0.2, 0) is 21.0 Å². The van der Waals surface area contributed by atoms with Gasteiger partial charge in [-0.1, -0.05) is 65.0 Å². The topological polar surface area (TPSA) is 37.3 Å². The van der Waals surface area contributed by atoms with E-state index in [9.17, 15) is 4.79 Å². The molecule has 1 aromatic rings. The largest absolute Gasteiger partial charge is 2.00 e. The fourth-order valence-corrected chi connectivity index (χ4v) is 4.46. The number of hydrogen-bond donors (Lipinski definition) is 1. The maximum Gasteiger partial charge on any atom is 2.00 e. The van der Waals surface area contributed by atoms with Crippen molar-refractivity contribution in [3.05, 3.63) is 58.7 Å². The summed E-state index contributed by atoms with van der Waals surface area (Å²) in [7, 11) is 0. The Labute approximate surface area is 183 Å². The molecule has 3 rings (SSSR count). The monoisotopic (exact) mass is 378 g/mol. The molecule has 0 heterocycles. The number of allylic oxidation sites excluding steroid dienone is 3. The average Bonchev–Trinajstić information content (AvgIpc) is 3.21. The van der Waals surface area contributed by atoms with E-state index in [1.54, 1.807) is 0 Å². The second-order valence-electron chi connectivity index (χ2n) is 9.84. The molecule has 3 heteroatoms. The molecule has 27 heavy (non-hydrogen) atoms. The quantitative estimate of drug-likeness (QED) is 0.412. The molecule has 1 N–H and O–H groups in total. The van der Waals surface area contributed by atoms with E-state index < -0.39 is 5.97 Å². The molecule has 0 bridgehead atoms. The zero-order chi connectivity index (χ0) is 19.3. The Morgan fingerprint density at radius 1 is 1.11 bits per heavy atom. The minimum Gasteiger partial charge on any atom is -1.00 e. The van der Waals surface area contributed by atoms with Crippen LogP contribution in [0.25, 0.3) is 0 Å². The van der Waals surface area contributed by atoms with E-state index in [0.29, 0.717) is 5.92 Å². The Morgan fingerprint density at radius 2 is 1.70 bits per heavy atom. The van der Waals surface area contributed by atoms with Gasteiger partial charge in [0.25, 0.3) is 0 Å². The van der Waals surface area contributed by atoms with Crippen LogP contribution in [-0.4, -0.2) is 34.1 Å². The Hall–Kier alpha value is -1.06. The Bertz CT molecular complexity index is 811. The molecule has 0 saturated heterocycles. The number of rotatable bonds is 4. The molecule has 1 fully saturated rings. The molecule has 2 aliphatic carbocycles. The molecule has 144 valence electrons. The maximum atomic E-state index is 10.8. The fourth-order valence-electron chi connectivity index (χ4n) is 4.46. The molecule has 0 unspecified atom stereocenters. The van der Waals surface area contributed by atoms with E-state index in [0.717, 1.165) is 12.0 Å². The Balaban J connectivity index is 0.00000261. The molecule has 0 spiro atoms. The predicted molar refractivity (Wildman–Crippen MR) is 116 cm³/mol. The van der Waals surface area contributed by atoms with Crippen molar-refractivity contribution in [1.82, 2.24) is 0 Å². The van der Waals surface area contributed by atoms with Crippen LogP contribution in [0.3, 0.4) is 0 Å². The molecule has 0 aliphatic heterocycles. The van der Waals surface area contributed by atoms with Crippen molar-refractivity contribution in [2.75, 3.05) is 0 Å². The van der Waals surface area contributed by atoms with Gasteiger partial charge in [0.15, 0.2) is 0 Å². The fraction of sp³-hybridized carbons (Fsp3) is 0.542. The van der Waals surface area contributed by atoms with Crippen LogP contribution in [0.4, 0.5) is 0 Å². The van der Waals surface area contributed by atoms with E-state index in [-0.39, 0.29) is 42.2 Å². The molecule has 1 aromatic carbocycles. The first-order chi connectivity index (χ1) is 12.0. The molecule has 0 radical (unpaired) electrons. The van der Waals surface area contributed by atoms with Crippen molar-refractivity contribution in [1.29, 1.82) is 0 Å². The summed E-state index contributed by atoms with van der Waals surface area (Å²) in [4.78, 5) is 10.8. The van der Waals surface area contributed by atoms with Gasteiger partial charge in [-0.15, -0.1) is 0 Å². The van der Waals surface area contributed by atoms with Crippen molar-refractivity contribution in [3.63, 3.8) is 0 Å². The summed E-state index contributed by atoms with van der Waals surface area (Å²) in [5.74, 6) is -0.400. The van der Waals surface area contributed by atoms with E-state index >= 15 is 0 Å². The van der Waals surface area contributed by atoms with Crippen molar-refractivity contribution < 1.29 is 12.8 Å². The number of carboxylic acids is 1. The van der Waals surface area contributed by atoms with Crippen molar-refractivity contribution in [3.8, 4) is 0 Å². The number of aliphatic carboxylic acids is 1. The van der Waals surface area contributed by atoms with E-state index in [4.69, 9.17) is 5.11 Å². The summed E-state index contributed by atoms with van der Waals surface area (Å²) in [5, 5.41) is 8.84. The summed E-state index contributed by atoms with van der Waals surface area (Å²) in [6, 6.07) is 7.16. The van der Waals surface area contributed by atoms with Gasteiger partial charge in [0.1, 0.15) is 0 Å². The predicted octanol–water partition coefficient (Wildman–Crippen LogP) is 5.74. The molecular weight excluding hydrogens is 345 g/mol. The third-order valence-corrected chi connectivity index (χ3v) is 6.76. The number of fused-ring (bicyclic) bond motifs is 1. The van der Waals surface area contributed by atoms with Crippen molar-refractivity contribution in [2.24, 2.45) is 5.92 Å². The third-order valence-electron chi connectivity index (χ3n) is 6.76. The Morgan fingerprint density at radius 3 is 2.30 bits per heavy atom. The van der Waals surface area contributed by atoms with Crippen LogP contribution in [0, 0.1) is 5.92 Å². The first-order valence-corrected chi connectivity index (χ1v) is 9.71. The SMILES string of the molecule is CC(/C=C/[C@@H]1C[C@]1(C)c1ccc2c(c1)C(C)(C)CCC2(C)C)=C\C(=O)O.[H-].[H-].[Mg+2]. The van der Waals surface area contributed by atoms with Crippen LogP contribution in [0.15, 0.2) is 42.0 Å². The van der Waals surface area contributed by atoms with Crippen LogP contribution < -0.4 is 0 Å². The van der Waals surface area contributed by atoms with Gasteiger partial charge < -0.3 is 7.96 Å². The number of carboxylic acid groups (broad SMARTS) is 1. The van der Waals surface area contributed by atoms with Gasteiger partial charge in [0, 0.05) is 6.08 Å². The van der Waals surface area contributed by atoms with E-state index in [2.05, 4.69) is 58.9 Å². The summed E-state index contributed by atoms with van der Waals surface area (Å²) < 4.78 is 0. The molecule has 2 atom stereocenters. The summed E-state index contributed by atoms with van der Waals surface area (Å²) in [5.41, 5.74) is 5.91. The molecular formula is C24H34MgO2. The number of hydrogen-bond acceptors (Lipinski definition) is 1. The molecule has 0 aromatic heterocycles. The van der Waals surface area contributed by atoms with E-state index in [1.807, 2.05) is 13.0 Å². The number of benzene rings is 1. The third kappa shape index (κ3) is 4.35. The van der Waals surface area contributed by atoms with Crippen molar-refractivity contribution >= 4 is 29.0 Å². The van der Waals surface area contributed by atoms with Gasteiger partial charge in [0.2, 0.25) is 0 Å². The first kappa shape index (κ1) is 22.2. The normalized spacial score (nSPS) is 28.4. The van der Waals surface area contributed by atoms with Gasteiger partial charge in [-0.3, -0.25) is 0 Å². The van der Waals surface area contributed by atoms with Crippen molar-refractivity contribution in [2.45, 2.75) is 77.0 Å². The standard InChI is InChI=1S/C24H32O2.Mg.2H/c1-16(13-21(25)26)7-8-18-15-24(18,6)17-9-10-19-20(14-17)23(4,5)12-11-22(19,2)3;;;/h7-10,13-14,18H,11-12,15H2,1-6H3,(H,25,26);;;/q;+2;2*-1/b8-7+,16-13+;;;/t18-,24-;;;/m1.../s1. The molecule has 2 aliphatic rings. The van der Waals surface area contributed by atoms with Gasteiger partial charge >= 0.3 is 29.0 Å². The minimum absolute atomic E-state index is 0.